The summed E-state index contributed by atoms with van der Waals surface area (Å²) in [6, 6.07) is 5.24. The molecule has 2 fully saturated rings. The van der Waals surface area contributed by atoms with Gasteiger partial charge in [-0.1, -0.05) is 0 Å². The van der Waals surface area contributed by atoms with Gasteiger partial charge in [-0.3, -0.25) is 4.79 Å². The van der Waals surface area contributed by atoms with Crippen molar-refractivity contribution in [3.8, 4) is 40.1 Å². The molecule has 234 valence electrons. The molecule has 10 atom stereocenters. The van der Waals surface area contributed by atoms with E-state index >= 15 is 0 Å². The van der Waals surface area contributed by atoms with Crippen LogP contribution in [0.25, 0.3) is 22.3 Å². The molecule has 16 heteroatoms. The fourth-order valence-corrected chi connectivity index (χ4v) is 4.84. The summed E-state index contributed by atoms with van der Waals surface area (Å²) in [7, 11) is 0. The quantitative estimate of drug-likeness (QED) is 0.140. The Morgan fingerprint density at radius 1 is 0.744 bits per heavy atom. The van der Waals surface area contributed by atoms with E-state index < -0.39 is 113 Å². The summed E-state index contributed by atoms with van der Waals surface area (Å²) in [5, 5.41) is 101. The van der Waals surface area contributed by atoms with Gasteiger partial charge in [0.15, 0.2) is 23.5 Å². The molecule has 0 spiro atoms. The molecule has 16 nitrogen and oxygen atoms in total. The highest BCUT2D eigenvalue weighted by atomic mass is 16.7. The number of phenolic OH excluding ortho intramolecular Hbond substituents is 4. The van der Waals surface area contributed by atoms with Gasteiger partial charge in [-0.25, -0.2) is 0 Å². The number of aliphatic hydroxyl groups is 6. The van der Waals surface area contributed by atoms with Crippen LogP contribution in [0.3, 0.4) is 0 Å². The van der Waals surface area contributed by atoms with Gasteiger partial charge in [-0.05, 0) is 25.1 Å². The summed E-state index contributed by atoms with van der Waals surface area (Å²) in [6.07, 6.45) is -16.2. The van der Waals surface area contributed by atoms with Gasteiger partial charge >= 0.3 is 0 Å². The molecule has 1 aromatic heterocycles. The topological polar surface area (TPSA) is 269 Å². The van der Waals surface area contributed by atoms with Crippen LogP contribution in [0.4, 0.5) is 0 Å². The number of fused-ring (bicyclic) bond motifs is 1. The minimum absolute atomic E-state index is 0.0313. The zero-order chi connectivity index (χ0) is 31.3. The summed E-state index contributed by atoms with van der Waals surface area (Å²) in [4.78, 5) is 13.6. The van der Waals surface area contributed by atoms with Crippen LogP contribution >= 0.6 is 0 Å². The smallest absolute Gasteiger partial charge is 0.239 e. The molecule has 10 N–H and O–H groups in total. The van der Waals surface area contributed by atoms with Crippen molar-refractivity contribution in [2.24, 2.45) is 0 Å². The van der Waals surface area contributed by atoms with Gasteiger partial charge in [0.25, 0.3) is 0 Å². The maximum absolute atomic E-state index is 13.6. The lowest BCUT2D eigenvalue weighted by Crippen LogP contribution is -2.61. The summed E-state index contributed by atoms with van der Waals surface area (Å²) >= 11 is 0. The first-order chi connectivity index (χ1) is 20.3. The van der Waals surface area contributed by atoms with Crippen LogP contribution in [0.2, 0.25) is 0 Å². The Morgan fingerprint density at radius 2 is 1.42 bits per heavy atom. The van der Waals surface area contributed by atoms with E-state index in [1.54, 1.807) is 0 Å². The zero-order valence-corrected chi connectivity index (χ0v) is 22.3. The van der Waals surface area contributed by atoms with E-state index in [9.17, 15) is 55.9 Å². The van der Waals surface area contributed by atoms with E-state index in [2.05, 4.69) is 0 Å². The Kier molecular flexibility index (Phi) is 8.41. The van der Waals surface area contributed by atoms with Gasteiger partial charge in [0.1, 0.15) is 65.2 Å². The highest BCUT2D eigenvalue weighted by Crippen LogP contribution is 2.39. The molecule has 0 saturated carbocycles. The van der Waals surface area contributed by atoms with Crippen LogP contribution in [0.5, 0.6) is 28.7 Å². The first kappa shape index (κ1) is 30.7. The lowest BCUT2D eigenvalue weighted by Gasteiger charge is -2.42. The molecule has 0 radical (unpaired) electrons. The molecule has 4 unspecified atom stereocenters. The van der Waals surface area contributed by atoms with Gasteiger partial charge in [-0.2, -0.15) is 0 Å². The third-order valence-electron chi connectivity index (χ3n) is 7.29. The molecule has 3 aromatic rings. The van der Waals surface area contributed by atoms with Crippen molar-refractivity contribution in [1.82, 2.24) is 0 Å². The van der Waals surface area contributed by atoms with Crippen molar-refractivity contribution in [3.63, 3.8) is 0 Å². The molecule has 2 aromatic carbocycles. The molecule has 43 heavy (non-hydrogen) atoms. The van der Waals surface area contributed by atoms with Gasteiger partial charge < -0.3 is 74.4 Å². The average molecular weight is 611 g/mol. The SMILES string of the molecule is CC1O[C@@H](OCC2O[C@@H](Oc3c(-c4ccc(O)c(O)c4)oc4cc(O)cc(O)c4c3=O)C(O)[C@H](O)[C@@H]2O)C(O)[C@@H](O)[C@H]1O. The van der Waals surface area contributed by atoms with E-state index in [-0.39, 0.29) is 11.1 Å². The number of hydrogen-bond donors (Lipinski definition) is 10. The Labute approximate surface area is 241 Å². The monoisotopic (exact) mass is 610 g/mol. The maximum Gasteiger partial charge on any atom is 0.239 e. The van der Waals surface area contributed by atoms with Crippen LogP contribution in [0.1, 0.15) is 6.92 Å². The maximum atomic E-state index is 13.6. The van der Waals surface area contributed by atoms with Gasteiger partial charge in [0.05, 0.1) is 12.7 Å². The molecule has 0 bridgehead atoms. The number of ether oxygens (including phenoxy) is 4. The van der Waals surface area contributed by atoms with E-state index in [0.717, 1.165) is 24.3 Å². The number of rotatable bonds is 6. The van der Waals surface area contributed by atoms with Crippen molar-refractivity contribution in [2.75, 3.05) is 6.61 Å². The van der Waals surface area contributed by atoms with Crippen LogP contribution in [-0.4, -0.2) is 119 Å². The first-order valence-electron chi connectivity index (χ1n) is 13.0. The molecule has 2 aliphatic rings. The number of hydrogen-bond acceptors (Lipinski definition) is 16. The molecular formula is C27H30O16. The highest BCUT2D eigenvalue weighted by Gasteiger charge is 2.47. The number of phenols is 4. The molecule has 5 rings (SSSR count). The van der Waals surface area contributed by atoms with Gasteiger partial charge in [-0.15, -0.1) is 0 Å². The number of benzene rings is 2. The third-order valence-corrected chi connectivity index (χ3v) is 7.29. The average Bonchev–Trinajstić information content (AvgIpc) is 2.96. The second-order valence-electron chi connectivity index (χ2n) is 10.3. The third kappa shape index (κ3) is 5.67. The number of aliphatic hydroxyl groups excluding tert-OH is 6. The second kappa shape index (κ2) is 11.8. The molecule has 0 amide bonds. The zero-order valence-electron chi connectivity index (χ0n) is 22.3. The van der Waals surface area contributed by atoms with Crippen LogP contribution in [0, 0.1) is 0 Å². The van der Waals surface area contributed by atoms with Crippen LogP contribution in [-0.2, 0) is 14.2 Å². The van der Waals surface area contributed by atoms with E-state index in [4.69, 9.17) is 23.4 Å². The van der Waals surface area contributed by atoms with Crippen LogP contribution in [0.15, 0.2) is 39.5 Å². The first-order valence-corrected chi connectivity index (χ1v) is 13.0. The minimum atomic E-state index is -1.97. The molecule has 0 aliphatic carbocycles. The molecule has 2 saturated heterocycles. The predicted octanol–water partition coefficient (Wildman–Crippen LogP) is -1.69. The van der Waals surface area contributed by atoms with E-state index in [0.29, 0.717) is 0 Å². The molecule has 2 aliphatic heterocycles. The summed E-state index contributed by atoms with van der Waals surface area (Å²) in [6.45, 7) is 0.818. The Bertz CT molecular complexity index is 1540. The molecular weight excluding hydrogens is 580 g/mol. The Hall–Kier alpha value is -3.71. The summed E-state index contributed by atoms with van der Waals surface area (Å²) < 4.78 is 27.8. The largest absolute Gasteiger partial charge is 0.508 e. The van der Waals surface area contributed by atoms with Crippen molar-refractivity contribution in [2.45, 2.75) is 68.3 Å². The summed E-state index contributed by atoms with van der Waals surface area (Å²) in [5.41, 5.74) is -1.35. The summed E-state index contributed by atoms with van der Waals surface area (Å²) in [5.74, 6) is -3.33. The van der Waals surface area contributed by atoms with Crippen molar-refractivity contribution in [1.29, 1.82) is 0 Å². The fraction of sp³-hybridized carbons (Fsp3) is 0.444. The van der Waals surface area contributed by atoms with Gasteiger partial charge in [0, 0.05) is 17.7 Å². The van der Waals surface area contributed by atoms with Crippen molar-refractivity contribution in [3.05, 3.63) is 40.6 Å². The van der Waals surface area contributed by atoms with Crippen molar-refractivity contribution < 1.29 is 74.4 Å². The standard InChI is InChI=1S/C27H30O16/c1-8-17(32)20(35)22(37)26(40-8)39-7-15-18(33)21(36)23(38)27(42-15)43-25-19(34)16-13(31)5-10(28)6-14(16)41-24(25)9-2-3-11(29)12(30)4-9/h2-6,8,15,17-18,20-23,26-33,35-38H,7H2,1H3/t8?,15?,17-,18+,20-,21+,22?,23?,26+,27-/m0/s1. The fourth-order valence-electron chi connectivity index (χ4n) is 4.84. The van der Waals surface area contributed by atoms with Crippen molar-refractivity contribution >= 4 is 11.0 Å². The normalized spacial score (nSPS) is 33.0. The Balaban J connectivity index is 1.48. The van der Waals surface area contributed by atoms with Crippen LogP contribution < -0.4 is 10.2 Å². The Morgan fingerprint density at radius 3 is 2.12 bits per heavy atom. The minimum Gasteiger partial charge on any atom is -0.508 e. The second-order valence-corrected chi connectivity index (χ2v) is 10.3. The van der Waals surface area contributed by atoms with Gasteiger partial charge in [0.2, 0.25) is 17.5 Å². The predicted molar refractivity (Wildman–Crippen MR) is 140 cm³/mol. The lowest BCUT2D eigenvalue weighted by molar-refractivity contribution is -0.318. The number of aromatic hydroxyl groups is 4. The highest BCUT2D eigenvalue weighted by molar-refractivity contribution is 5.88. The molecule has 3 heterocycles. The van der Waals surface area contributed by atoms with E-state index in [1.807, 2.05) is 0 Å². The van der Waals surface area contributed by atoms with E-state index in [1.165, 1.54) is 13.0 Å². The lowest BCUT2D eigenvalue weighted by atomic mass is 9.98.